The second-order valence-electron chi connectivity index (χ2n) is 4.11. The van der Waals surface area contributed by atoms with Gasteiger partial charge in [0, 0.05) is 0 Å². The fraction of sp³-hybridized carbons (Fsp3) is 1.00. The van der Waals surface area contributed by atoms with Crippen molar-refractivity contribution in [3.8, 4) is 0 Å². The molecule has 98 valence electrons. The smallest absolute Gasteiger partial charge is 0.110 e. The van der Waals surface area contributed by atoms with E-state index in [1.807, 2.05) is 0 Å². The van der Waals surface area contributed by atoms with Gasteiger partial charge in [0.05, 0.1) is 13.2 Å². The number of rotatable bonds is 4. The van der Waals surface area contributed by atoms with E-state index in [2.05, 4.69) is 0 Å². The maximum atomic E-state index is 8.77. The quantitative estimate of drug-likeness (QED) is 0.448. The molecule has 2 unspecified atom stereocenters. The van der Waals surface area contributed by atoms with E-state index >= 15 is 0 Å². The largest absolute Gasteiger partial charge is 0.394 e. The Bertz CT molecular complexity index is 128. The molecule has 1 rings (SSSR count). The first kappa shape index (κ1) is 15.8. The van der Waals surface area contributed by atoms with E-state index in [1.54, 1.807) is 0 Å². The zero-order chi connectivity index (χ0) is 12.4. The van der Waals surface area contributed by atoms with Crippen molar-refractivity contribution >= 4 is 0 Å². The van der Waals surface area contributed by atoms with E-state index in [1.165, 1.54) is 38.5 Å². The molecule has 16 heavy (non-hydrogen) atoms. The first-order valence-corrected chi connectivity index (χ1v) is 5.89. The zero-order valence-electron chi connectivity index (χ0n) is 9.62. The molecule has 0 aliphatic heterocycles. The lowest BCUT2D eigenvalue weighted by Crippen LogP contribution is -2.41. The molecule has 1 fully saturated rings. The number of aliphatic hydroxyl groups excluding tert-OH is 5. The highest BCUT2D eigenvalue weighted by atomic mass is 16.4. The summed E-state index contributed by atoms with van der Waals surface area (Å²) in [5.41, 5.74) is 0. The Balaban J connectivity index is 0.000000315. The van der Waals surface area contributed by atoms with Crippen LogP contribution in [0.5, 0.6) is 0 Å². The van der Waals surface area contributed by atoms with Crippen LogP contribution in [0.2, 0.25) is 0 Å². The Morgan fingerprint density at radius 2 is 0.875 bits per heavy atom. The molecule has 0 amide bonds. The highest BCUT2D eigenvalue weighted by Crippen LogP contribution is 2.15. The van der Waals surface area contributed by atoms with Crippen molar-refractivity contribution in [1.29, 1.82) is 0 Å². The minimum Gasteiger partial charge on any atom is -0.394 e. The van der Waals surface area contributed by atoms with Gasteiger partial charge in [0.2, 0.25) is 0 Å². The molecule has 1 aliphatic carbocycles. The summed E-state index contributed by atoms with van der Waals surface area (Å²) in [6, 6.07) is 0. The van der Waals surface area contributed by atoms with Crippen LogP contribution >= 0.6 is 0 Å². The molecule has 0 radical (unpaired) electrons. The van der Waals surface area contributed by atoms with E-state index in [0.29, 0.717) is 0 Å². The van der Waals surface area contributed by atoms with Gasteiger partial charge in [-0.05, 0) is 0 Å². The van der Waals surface area contributed by atoms with E-state index in [9.17, 15) is 0 Å². The molecule has 0 aromatic carbocycles. The van der Waals surface area contributed by atoms with Gasteiger partial charge >= 0.3 is 0 Å². The SMILES string of the molecule is C1CCCCC1.OCC(O)C(O)C(O)CO. The van der Waals surface area contributed by atoms with Crippen LogP contribution in [-0.2, 0) is 0 Å². The average Bonchev–Trinajstić information content (AvgIpc) is 2.38. The highest BCUT2D eigenvalue weighted by Gasteiger charge is 2.22. The summed E-state index contributed by atoms with van der Waals surface area (Å²) in [6.45, 7) is -1.28. The molecule has 5 nitrogen and oxygen atoms in total. The summed E-state index contributed by atoms with van der Waals surface area (Å²) >= 11 is 0. The lowest BCUT2D eigenvalue weighted by Gasteiger charge is -2.19. The van der Waals surface area contributed by atoms with Crippen molar-refractivity contribution in [1.82, 2.24) is 0 Å². The molecule has 0 aromatic rings. The van der Waals surface area contributed by atoms with E-state index in [0.717, 1.165) is 0 Å². The van der Waals surface area contributed by atoms with Gasteiger partial charge in [-0.25, -0.2) is 0 Å². The summed E-state index contributed by atoms with van der Waals surface area (Å²) < 4.78 is 0. The maximum Gasteiger partial charge on any atom is 0.110 e. The molecular weight excluding hydrogens is 212 g/mol. The van der Waals surface area contributed by atoms with Crippen molar-refractivity contribution in [3.63, 3.8) is 0 Å². The van der Waals surface area contributed by atoms with Gasteiger partial charge in [0.25, 0.3) is 0 Å². The van der Waals surface area contributed by atoms with Crippen LogP contribution in [0.15, 0.2) is 0 Å². The van der Waals surface area contributed by atoms with E-state index < -0.39 is 31.5 Å². The van der Waals surface area contributed by atoms with Gasteiger partial charge < -0.3 is 25.5 Å². The molecule has 2 atom stereocenters. The van der Waals surface area contributed by atoms with Crippen LogP contribution in [0.3, 0.4) is 0 Å². The number of hydrogen-bond donors (Lipinski definition) is 5. The number of hydrogen-bond acceptors (Lipinski definition) is 5. The third kappa shape index (κ3) is 7.14. The minimum atomic E-state index is -1.49. The predicted octanol–water partition coefficient (Wildman–Crippen LogP) is -0.606. The average molecular weight is 236 g/mol. The van der Waals surface area contributed by atoms with Gasteiger partial charge in [0.1, 0.15) is 18.3 Å². The third-order valence-corrected chi connectivity index (χ3v) is 2.66. The Hall–Kier alpha value is -0.200. The summed E-state index contributed by atoms with van der Waals surface area (Å²) in [5, 5.41) is 42.6. The molecule has 5 heteroatoms. The van der Waals surface area contributed by atoms with Crippen molar-refractivity contribution in [2.45, 2.75) is 56.8 Å². The second-order valence-corrected chi connectivity index (χ2v) is 4.11. The fourth-order valence-corrected chi connectivity index (χ4v) is 1.53. The van der Waals surface area contributed by atoms with Gasteiger partial charge in [-0.3, -0.25) is 0 Å². The van der Waals surface area contributed by atoms with Crippen LogP contribution in [0, 0.1) is 0 Å². The molecular formula is C11H24O5. The van der Waals surface area contributed by atoms with Crippen molar-refractivity contribution in [2.75, 3.05) is 13.2 Å². The predicted molar refractivity (Wildman–Crippen MR) is 59.9 cm³/mol. The lowest BCUT2D eigenvalue weighted by atomic mass is 10.0. The summed E-state index contributed by atoms with van der Waals surface area (Å²) in [6.07, 6.45) is 4.71. The Morgan fingerprint density at radius 3 is 1.06 bits per heavy atom. The van der Waals surface area contributed by atoms with Crippen molar-refractivity contribution < 1.29 is 25.5 Å². The lowest BCUT2D eigenvalue weighted by molar-refractivity contribution is -0.0900. The van der Waals surface area contributed by atoms with Gasteiger partial charge in [-0.1, -0.05) is 38.5 Å². The molecule has 0 saturated heterocycles. The third-order valence-electron chi connectivity index (χ3n) is 2.66. The number of aliphatic hydroxyl groups is 5. The van der Waals surface area contributed by atoms with Gasteiger partial charge in [0.15, 0.2) is 0 Å². The normalized spacial score (nSPS) is 21.6. The molecule has 5 N–H and O–H groups in total. The molecule has 1 aliphatic rings. The summed E-state index contributed by atoms with van der Waals surface area (Å²) in [5.74, 6) is 0. The maximum absolute atomic E-state index is 8.77. The monoisotopic (exact) mass is 236 g/mol. The second kappa shape index (κ2) is 9.99. The first-order chi connectivity index (χ1) is 7.63. The fourth-order valence-electron chi connectivity index (χ4n) is 1.53. The Kier molecular flexibility index (Phi) is 9.86. The van der Waals surface area contributed by atoms with Crippen LogP contribution in [-0.4, -0.2) is 57.1 Å². The first-order valence-electron chi connectivity index (χ1n) is 5.89. The molecule has 0 bridgehead atoms. The zero-order valence-corrected chi connectivity index (χ0v) is 9.62. The van der Waals surface area contributed by atoms with E-state index in [-0.39, 0.29) is 0 Å². The summed E-state index contributed by atoms with van der Waals surface area (Å²) in [4.78, 5) is 0. The summed E-state index contributed by atoms with van der Waals surface area (Å²) in [7, 11) is 0. The molecule has 1 saturated carbocycles. The standard InChI is InChI=1S/C6H12.C5H12O5/c1-2-4-6-5-3-1;6-1-3(8)5(10)4(9)2-7/h1-6H2;3-10H,1-2H2. The van der Waals surface area contributed by atoms with Gasteiger partial charge in [-0.15, -0.1) is 0 Å². The van der Waals surface area contributed by atoms with Crippen LogP contribution in [0.4, 0.5) is 0 Å². The molecule has 0 aromatic heterocycles. The molecule has 0 heterocycles. The van der Waals surface area contributed by atoms with Crippen LogP contribution in [0.25, 0.3) is 0 Å². The molecule has 0 spiro atoms. The van der Waals surface area contributed by atoms with Crippen molar-refractivity contribution in [3.05, 3.63) is 0 Å². The van der Waals surface area contributed by atoms with E-state index in [4.69, 9.17) is 25.5 Å². The van der Waals surface area contributed by atoms with Gasteiger partial charge in [-0.2, -0.15) is 0 Å². The van der Waals surface area contributed by atoms with Crippen LogP contribution in [0.1, 0.15) is 38.5 Å². The highest BCUT2D eigenvalue weighted by molar-refractivity contribution is 4.73. The topological polar surface area (TPSA) is 101 Å². The van der Waals surface area contributed by atoms with Crippen molar-refractivity contribution in [2.24, 2.45) is 0 Å². The Morgan fingerprint density at radius 1 is 0.625 bits per heavy atom. The van der Waals surface area contributed by atoms with Crippen LogP contribution < -0.4 is 0 Å². The minimum absolute atomic E-state index is 0.641. The Labute approximate surface area is 96.4 Å².